The Morgan fingerprint density at radius 2 is 1.55 bits per heavy atom. The first-order valence-electron chi connectivity index (χ1n) is 15.5. The maximum Gasteiger partial charge on any atom is 0.243 e. The van der Waals surface area contributed by atoms with Crippen LogP contribution in [0, 0.1) is 20.8 Å². The normalized spacial score (nSPS) is 10.9. The molecule has 264 valence electrons. The Morgan fingerprint density at radius 3 is 1.94 bits per heavy atom. The third-order valence-electron chi connectivity index (χ3n) is 6.22. The van der Waals surface area contributed by atoms with Crippen molar-refractivity contribution in [2.24, 2.45) is 33.7 Å². The number of aromatic hydroxyl groups is 1. The number of phenolic OH excluding ortho intramolecular Hbond substituents is 1. The van der Waals surface area contributed by atoms with Crippen molar-refractivity contribution in [2.45, 2.75) is 78.8 Å². The Labute approximate surface area is 279 Å². The molecule has 0 bridgehead atoms. The number of hydrogen-bond donors (Lipinski definition) is 9. The number of benzene rings is 2. The van der Waals surface area contributed by atoms with Gasteiger partial charge in [0.25, 0.3) is 0 Å². The SMILES string of the molecule is CCCN=C(N)N.Cc1cc(O)cc(C)c1C[C@H](NC(=O)CN)C(=O)NC(C)CCCCN.Cc1ccccc1.NC(=O)CNC=O. The molecule has 0 saturated heterocycles. The molecule has 0 spiro atoms. The summed E-state index contributed by atoms with van der Waals surface area (Å²) < 4.78 is 0. The van der Waals surface area contributed by atoms with Crippen molar-refractivity contribution in [3.8, 4) is 5.75 Å². The van der Waals surface area contributed by atoms with Crippen LogP contribution in [0.15, 0.2) is 47.5 Å². The monoisotopic (exact) mass is 659 g/mol. The Hall–Kier alpha value is -4.69. The fourth-order valence-electron chi connectivity index (χ4n) is 3.89. The fraction of sp³-hybridized carbons (Fsp3) is 0.485. The number of nitrogens with two attached hydrogens (primary N) is 5. The van der Waals surface area contributed by atoms with Crippen LogP contribution in [0.25, 0.3) is 0 Å². The molecule has 0 fully saturated rings. The highest BCUT2D eigenvalue weighted by molar-refractivity contribution is 5.88. The molecule has 14 N–H and O–H groups in total. The number of aryl methyl sites for hydroxylation is 3. The number of nitrogens with zero attached hydrogens (tertiary/aromatic N) is 1. The van der Waals surface area contributed by atoms with Crippen LogP contribution in [0.4, 0.5) is 0 Å². The van der Waals surface area contributed by atoms with E-state index in [1.54, 1.807) is 12.1 Å². The second-order valence-corrected chi connectivity index (χ2v) is 10.7. The van der Waals surface area contributed by atoms with Crippen molar-refractivity contribution < 1.29 is 24.3 Å². The molecule has 14 nitrogen and oxygen atoms in total. The number of amides is 4. The Kier molecular flexibility index (Phi) is 26.1. The maximum atomic E-state index is 12.7. The van der Waals surface area contributed by atoms with Gasteiger partial charge in [-0.05, 0) is 82.3 Å². The van der Waals surface area contributed by atoms with Crippen LogP contribution >= 0.6 is 0 Å². The van der Waals surface area contributed by atoms with E-state index in [1.165, 1.54) is 5.56 Å². The van der Waals surface area contributed by atoms with Crippen molar-refractivity contribution in [1.82, 2.24) is 16.0 Å². The lowest BCUT2D eigenvalue weighted by molar-refractivity contribution is -0.128. The van der Waals surface area contributed by atoms with Crippen molar-refractivity contribution in [1.29, 1.82) is 0 Å². The van der Waals surface area contributed by atoms with Crippen molar-refractivity contribution in [3.63, 3.8) is 0 Å². The van der Waals surface area contributed by atoms with Crippen LogP contribution in [0.2, 0.25) is 0 Å². The van der Waals surface area contributed by atoms with Gasteiger partial charge >= 0.3 is 0 Å². The van der Waals surface area contributed by atoms with Gasteiger partial charge in [0.15, 0.2) is 5.96 Å². The summed E-state index contributed by atoms with van der Waals surface area (Å²) in [6, 6.07) is 12.8. The van der Waals surface area contributed by atoms with E-state index in [2.05, 4.69) is 45.7 Å². The van der Waals surface area contributed by atoms with Crippen LogP contribution in [0.1, 0.15) is 61.8 Å². The summed E-state index contributed by atoms with van der Waals surface area (Å²) >= 11 is 0. The van der Waals surface area contributed by atoms with E-state index in [-0.39, 0.29) is 42.7 Å². The van der Waals surface area contributed by atoms with E-state index in [1.807, 2.05) is 45.9 Å². The fourth-order valence-corrected chi connectivity index (χ4v) is 3.89. The minimum absolute atomic E-state index is 0.00617. The summed E-state index contributed by atoms with van der Waals surface area (Å²) in [5.41, 5.74) is 29.5. The predicted molar refractivity (Wildman–Crippen MR) is 188 cm³/mol. The van der Waals surface area contributed by atoms with E-state index in [0.29, 0.717) is 19.4 Å². The Balaban J connectivity index is 0. The van der Waals surface area contributed by atoms with Gasteiger partial charge in [0.2, 0.25) is 24.1 Å². The van der Waals surface area contributed by atoms with Gasteiger partial charge in [0.05, 0.1) is 13.1 Å². The average molecular weight is 660 g/mol. The van der Waals surface area contributed by atoms with Gasteiger partial charge in [0, 0.05) is 19.0 Å². The first-order valence-corrected chi connectivity index (χ1v) is 15.5. The molecule has 4 amide bonds. The van der Waals surface area contributed by atoms with Gasteiger partial charge in [-0.2, -0.15) is 0 Å². The smallest absolute Gasteiger partial charge is 0.243 e. The zero-order valence-corrected chi connectivity index (χ0v) is 28.6. The highest BCUT2D eigenvalue weighted by Gasteiger charge is 2.23. The highest BCUT2D eigenvalue weighted by atomic mass is 16.3. The van der Waals surface area contributed by atoms with E-state index in [4.69, 9.17) is 22.9 Å². The quantitative estimate of drug-likeness (QED) is 0.0557. The van der Waals surface area contributed by atoms with Gasteiger partial charge in [-0.3, -0.25) is 24.2 Å². The third-order valence-corrected chi connectivity index (χ3v) is 6.22. The van der Waals surface area contributed by atoms with Crippen molar-refractivity contribution in [2.75, 3.05) is 26.2 Å². The molecular formula is C33H57N9O5. The second kappa shape index (κ2) is 27.6. The first-order chi connectivity index (χ1) is 22.2. The molecule has 0 aromatic heterocycles. The number of carbonyl (C=O) groups is 4. The molecule has 14 heteroatoms. The standard InChI is InChI=1S/C19H32N4O3.C7H8.C4H11N3.C3H6N2O2/c1-12-8-15(24)9-13(2)16(12)10-17(23-18(25)11-21)19(26)22-14(3)6-4-5-7-20;1-7-5-3-2-4-6-7;1-2-3-7-4(5)6;4-3(7)1-5-2-6/h8-9,14,17,24H,4-7,10-11,20-21H2,1-3H3,(H,22,26)(H,23,25);2-6H,1H3;2-3H2,1H3,(H4,5,6,7);2H,1H2,(H2,4,7)(H,5,6)/t14?,17-;;;/m0.../s1. The highest BCUT2D eigenvalue weighted by Crippen LogP contribution is 2.22. The van der Waals surface area contributed by atoms with E-state index in [9.17, 15) is 24.3 Å². The Morgan fingerprint density at radius 1 is 0.957 bits per heavy atom. The molecule has 2 atom stereocenters. The number of phenols is 1. The summed E-state index contributed by atoms with van der Waals surface area (Å²) in [5, 5.41) is 17.4. The van der Waals surface area contributed by atoms with Crippen LogP contribution < -0.4 is 44.6 Å². The minimum atomic E-state index is -0.718. The summed E-state index contributed by atoms with van der Waals surface area (Å²) in [7, 11) is 0. The van der Waals surface area contributed by atoms with Crippen molar-refractivity contribution >= 4 is 30.1 Å². The topological polar surface area (TPSA) is 267 Å². The molecule has 2 rings (SSSR count). The zero-order valence-electron chi connectivity index (χ0n) is 28.6. The Bertz CT molecular complexity index is 1180. The molecule has 0 aliphatic rings. The molecule has 2 aromatic rings. The zero-order chi connectivity index (χ0) is 36.2. The van der Waals surface area contributed by atoms with Gasteiger partial charge in [0.1, 0.15) is 11.8 Å². The molecule has 0 heterocycles. The lowest BCUT2D eigenvalue weighted by Crippen LogP contribution is -2.51. The first kappa shape index (κ1) is 44.4. The number of guanidine groups is 1. The van der Waals surface area contributed by atoms with E-state index in [0.717, 1.165) is 48.9 Å². The molecule has 0 aliphatic heterocycles. The summed E-state index contributed by atoms with van der Waals surface area (Å²) in [4.78, 5) is 47.3. The van der Waals surface area contributed by atoms with Gasteiger partial charge in [-0.1, -0.05) is 49.2 Å². The number of aliphatic imine (C=N–C) groups is 1. The molecule has 0 radical (unpaired) electrons. The molecular weight excluding hydrogens is 602 g/mol. The van der Waals surface area contributed by atoms with E-state index < -0.39 is 11.9 Å². The number of nitrogens with one attached hydrogen (secondary N) is 3. The molecule has 1 unspecified atom stereocenters. The lowest BCUT2D eigenvalue weighted by Gasteiger charge is -2.23. The number of primary amides is 1. The predicted octanol–water partition coefficient (Wildman–Crippen LogP) is 0.511. The number of hydrogen-bond acceptors (Lipinski definition) is 8. The summed E-state index contributed by atoms with van der Waals surface area (Å²) in [6.45, 7) is 10.9. The molecule has 0 aliphatic carbocycles. The van der Waals surface area contributed by atoms with Crippen molar-refractivity contribution in [3.05, 3.63) is 64.7 Å². The second-order valence-electron chi connectivity index (χ2n) is 10.7. The molecule has 2 aromatic carbocycles. The lowest BCUT2D eigenvalue weighted by atomic mass is 9.95. The van der Waals surface area contributed by atoms with Crippen LogP contribution in [0.3, 0.4) is 0 Å². The third kappa shape index (κ3) is 25.2. The number of unbranched alkanes of at least 4 members (excludes halogenated alkanes) is 1. The van der Waals surface area contributed by atoms with E-state index >= 15 is 0 Å². The van der Waals surface area contributed by atoms with Gasteiger partial charge in [-0.25, -0.2) is 0 Å². The van der Waals surface area contributed by atoms with Crippen LogP contribution in [-0.2, 0) is 25.6 Å². The van der Waals surface area contributed by atoms with Crippen LogP contribution in [0.5, 0.6) is 5.75 Å². The summed E-state index contributed by atoms with van der Waals surface area (Å²) in [5.74, 6) is -0.785. The number of rotatable bonds is 15. The summed E-state index contributed by atoms with van der Waals surface area (Å²) in [6.07, 6.45) is 4.44. The molecule has 47 heavy (non-hydrogen) atoms. The van der Waals surface area contributed by atoms with Crippen LogP contribution in [-0.4, -0.2) is 73.5 Å². The minimum Gasteiger partial charge on any atom is -0.508 e. The van der Waals surface area contributed by atoms with Gasteiger partial charge in [-0.15, -0.1) is 0 Å². The largest absolute Gasteiger partial charge is 0.508 e. The molecule has 0 saturated carbocycles. The number of carbonyl (C=O) groups excluding carboxylic acids is 4. The average Bonchev–Trinajstić information content (AvgIpc) is 3.01. The van der Waals surface area contributed by atoms with Gasteiger partial charge < -0.3 is 49.7 Å². The maximum absolute atomic E-state index is 12.7.